The maximum Gasteiger partial charge on any atom is 0.258 e. The first-order valence-corrected chi connectivity index (χ1v) is 11.4. The molecule has 1 aliphatic rings. The van der Waals surface area contributed by atoms with Crippen molar-refractivity contribution in [3.05, 3.63) is 131 Å². The number of rotatable bonds is 6. The maximum absolute atomic E-state index is 14.1. The molecule has 164 valence electrons. The van der Waals surface area contributed by atoms with Crippen LogP contribution in [-0.4, -0.2) is 16.8 Å². The Morgan fingerprint density at radius 1 is 0.788 bits per heavy atom. The van der Waals surface area contributed by atoms with E-state index in [2.05, 4.69) is 43.3 Å². The molecule has 3 nitrogen and oxygen atoms in total. The van der Waals surface area contributed by atoms with E-state index < -0.39 is 0 Å². The van der Waals surface area contributed by atoms with Crippen LogP contribution in [0.25, 0.3) is 0 Å². The molecule has 0 saturated carbocycles. The van der Waals surface area contributed by atoms with Crippen LogP contribution in [0.2, 0.25) is 0 Å². The highest BCUT2D eigenvalue weighted by molar-refractivity contribution is 5.97. The molecule has 0 aliphatic heterocycles. The van der Waals surface area contributed by atoms with Crippen LogP contribution in [0.4, 0.5) is 0 Å². The summed E-state index contributed by atoms with van der Waals surface area (Å²) < 4.78 is 6.13. The minimum absolute atomic E-state index is 0.00240. The van der Waals surface area contributed by atoms with Crippen LogP contribution in [0, 0.1) is 6.92 Å². The summed E-state index contributed by atoms with van der Waals surface area (Å²) in [6.45, 7) is 2.68. The van der Waals surface area contributed by atoms with Crippen molar-refractivity contribution in [1.82, 2.24) is 4.90 Å². The molecule has 33 heavy (non-hydrogen) atoms. The summed E-state index contributed by atoms with van der Waals surface area (Å²) in [6, 6.07) is 34.1. The summed E-state index contributed by atoms with van der Waals surface area (Å²) in [4.78, 5) is 16.1. The van der Waals surface area contributed by atoms with E-state index in [0.29, 0.717) is 17.9 Å². The number of para-hydroxylation sites is 2. The quantitative estimate of drug-likeness (QED) is 0.343. The van der Waals surface area contributed by atoms with Gasteiger partial charge in [-0.2, -0.15) is 0 Å². The van der Waals surface area contributed by atoms with Gasteiger partial charge in [-0.1, -0.05) is 78.9 Å². The van der Waals surface area contributed by atoms with Crippen molar-refractivity contribution in [3.63, 3.8) is 0 Å². The molecule has 0 saturated heterocycles. The highest BCUT2D eigenvalue weighted by atomic mass is 16.5. The first-order valence-electron chi connectivity index (χ1n) is 11.4. The Morgan fingerprint density at radius 2 is 1.39 bits per heavy atom. The molecule has 1 amide bonds. The van der Waals surface area contributed by atoms with Crippen molar-refractivity contribution in [2.24, 2.45) is 0 Å². The van der Waals surface area contributed by atoms with Gasteiger partial charge in [0, 0.05) is 12.6 Å². The number of fused-ring (bicyclic) bond motifs is 1. The normalized spacial score (nSPS) is 12.9. The van der Waals surface area contributed by atoms with Gasteiger partial charge in [-0.05, 0) is 66.3 Å². The fourth-order valence-electron chi connectivity index (χ4n) is 4.60. The van der Waals surface area contributed by atoms with Crippen molar-refractivity contribution in [3.8, 4) is 11.5 Å². The number of ether oxygens (including phenoxy) is 1. The van der Waals surface area contributed by atoms with Gasteiger partial charge >= 0.3 is 0 Å². The van der Waals surface area contributed by atoms with E-state index in [1.54, 1.807) is 0 Å². The molecule has 0 fully saturated rings. The average Bonchev–Trinajstić information content (AvgIpc) is 3.28. The van der Waals surface area contributed by atoms with E-state index >= 15 is 0 Å². The van der Waals surface area contributed by atoms with E-state index in [9.17, 15) is 4.79 Å². The molecule has 0 N–H and O–H groups in total. The number of benzene rings is 4. The fourth-order valence-corrected chi connectivity index (χ4v) is 4.60. The van der Waals surface area contributed by atoms with Crippen molar-refractivity contribution >= 4 is 5.91 Å². The number of hydrogen-bond acceptors (Lipinski definition) is 2. The second-order valence-corrected chi connectivity index (χ2v) is 8.60. The van der Waals surface area contributed by atoms with Crippen LogP contribution in [0.5, 0.6) is 11.5 Å². The zero-order valence-electron chi connectivity index (χ0n) is 18.8. The number of nitrogens with zero attached hydrogens (tertiary/aromatic N) is 1. The first kappa shape index (κ1) is 21.0. The number of amides is 1. The minimum atomic E-state index is 0.00240. The zero-order chi connectivity index (χ0) is 22.6. The summed E-state index contributed by atoms with van der Waals surface area (Å²) in [5, 5.41) is 0. The molecule has 0 heterocycles. The lowest BCUT2D eigenvalue weighted by Crippen LogP contribution is -2.40. The van der Waals surface area contributed by atoms with E-state index in [1.165, 1.54) is 22.3 Å². The van der Waals surface area contributed by atoms with Crippen molar-refractivity contribution < 1.29 is 9.53 Å². The first-order chi connectivity index (χ1) is 16.2. The monoisotopic (exact) mass is 433 g/mol. The summed E-state index contributed by atoms with van der Waals surface area (Å²) in [5.41, 5.74) is 5.62. The summed E-state index contributed by atoms with van der Waals surface area (Å²) in [6.07, 6.45) is 1.74. The van der Waals surface area contributed by atoms with Crippen LogP contribution in [0.15, 0.2) is 103 Å². The Kier molecular flexibility index (Phi) is 5.95. The average molecular weight is 434 g/mol. The minimum Gasteiger partial charge on any atom is -0.457 e. The van der Waals surface area contributed by atoms with Gasteiger partial charge in [0.05, 0.1) is 5.56 Å². The van der Waals surface area contributed by atoms with Crippen molar-refractivity contribution in [2.45, 2.75) is 32.4 Å². The number of hydrogen-bond donors (Lipinski definition) is 0. The molecule has 3 heteroatoms. The molecule has 0 unspecified atom stereocenters. The summed E-state index contributed by atoms with van der Waals surface area (Å²) in [5.74, 6) is 1.30. The highest BCUT2D eigenvalue weighted by Gasteiger charge is 2.32. The smallest absolute Gasteiger partial charge is 0.258 e. The standard InChI is InChI=1S/C30H27NO2/c1-22-11-5-6-14-25(22)21-31(26-19-23-12-7-8-13-24(23)20-26)30(32)28-17-9-10-18-29(28)33-27-15-3-2-4-16-27/h2-18,26H,19-21H2,1H3. The number of aryl methyl sites for hydroxylation is 1. The Labute approximate surface area is 195 Å². The lowest BCUT2D eigenvalue weighted by atomic mass is 10.0. The van der Waals surface area contributed by atoms with Crippen LogP contribution in [0.1, 0.15) is 32.6 Å². The predicted octanol–water partition coefficient (Wildman–Crippen LogP) is 6.60. The molecule has 0 atom stereocenters. The molecule has 0 bridgehead atoms. The van der Waals surface area contributed by atoms with Crippen LogP contribution in [-0.2, 0) is 19.4 Å². The zero-order valence-corrected chi connectivity index (χ0v) is 18.8. The Hall–Kier alpha value is -3.85. The molecule has 4 aromatic carbocycles. The summed E-state index contributed by atoms with van der Waals surface area (Å²) in [7, 11) is 0. The summed E-state index contributed by atoms with van der Waals surface area (Å²) >= 11 is 0. The number of carbonyl (C=O) groups excluding carboxylic acids is 1. The lowest BCUT2D eigenvalue weighted by Gasteiger charge is -2.30. The van der Waals surface area contributed by atoms with Gasteiger partial charge in [0.15, 0.2) is 0 Å². The van der Waals surface area contributed by atoms with E-state index in [4.69, 9.17) is 4.74 Å². The lowest BCUT2D eigenvalue weighted by molar-refractivity contribution is 0.0665. The Bertz CT molecular complexity index is 1240. The van der Waals surface area contributed by atoms with Crippen molar-refractivity contribution in [1.29, 1.82) is 0 Å². The third-order valence-corrected chi connectivity index (χ3v) is 6.42. The topological polar surface area (TPSA) is 29.5 Å². The highest BCUT2D eigenvalue weighted by Crippen LogP contribution is 2.31. The third-order valence-electron chi connectivity index (χ3n) is 6.42. The van der Waals surface area contributed by atoms with Gasteiger partial charge in [0.25, 0.3) is 5.91 Å². The van der Waals surface area contributed by atoms with E-state index in [-0.39, 0.29) is 11.9 Å². The van der Waals surface area contributed by atoms with Crippen LogP contribution < -0.4 is 4.74 Å². The van der Waals surface area contributed by atoms with Crippen LogP contribution in [0.3, 0.4) is 0 Å². The molecular formula is C30H27NO2. The molecule has 5 rings (SSSR count). The van der Waals surface area contributed by atoms with Gasteiger partial charge < -0.3 is 9.64 Å². The molecule has 0 aromatic heterocycles. The molecule has 4 aromatic rings. The van der Waals surface area contributed by atoms with E-state index in [1.807, 2.05) is 71.6 Å². The van der Waals surface area contributed by atoms with Gasteiger partial charge in [-0.3, -0.25) is 4.79 Å². The number of carbonyl (C=O) groups is 1. The molecule has 0 spiro atoms. The van der Waals surface area contributed by atoms with Gasteiger partial charge in [0.2, 0.25) is 0 Å². The Balaban J connectivity index is 1.49. The largest absolute Gasteiger partial charge is 0.457 e. The predicted molar refractivity (Wildman–Crippen MR) is 132 cm³/mol. The fraction of sp³-hybridized carbons (Fsp3) is 0.167. The second-order valence-electron chi connectivity index (χ2n) is 8.60. The van der Waals surface area contributed by atoms with Crippen LogP contribution >= 0.6 is 0 Å². The van der Waals surface area contributed by atoms with Gasteiger partial charge in [-0.25, -0.2) is 0 Å². The second kappa shape index (κ2) is 9.33. The van der Waals surface area contributed by atoms with Gasteiger partial charge in [-0.15, -0.1) is 0 Å². The molecule has 0 radical (unpaired) electrons. The Morgan fingerprint density at radius 3 is 2.12 bits per heavy atom. The SMILES string of the molecule is Cc1ccccc1CN(C(=O)c1ccccc1Oc1ccccc1)C1Cc2ccccc2C1. The van der Waals surface area contributed by atoms with E-state index in [0.717, 1.165) is 18.6 Å². The molecule has 1 aliphatic carbocycles. The maximum atomic E-state index is 14.1. The van der Waals surface area contributed by atoms with Gasteiger partial charge in [0.1, 0.15) is 11.5 Å². The van der Waals surface area contributed by atoms with Crippen molar-refractivity contribution in [2.75, 3.05) is 0 Å². The molecular weight excluding hydrogens is 406 g/mol. The third kappa shape index (κ3) is 4.54.